The lowest BCUT2D eigenvalue weighted by Crippen LogP contribution is -2.47. The van der Waals surface area contributed by atoms with Crippen LogP contribution in [0.3, 0.4) is 0 Å². The molecule has 2 aliphatic heterocycles. The third kappa shape index (κ3) is 4.88. The van der Waals surface area contributed by atoms with Crippen molar-refractivity contribution >= 4 is 23.5 Å². The van der Waals surface area contributed by atoms with Crippen LogP contribution < -0.4 is 9.80 Å². The Kier molecular flexibility index (Phi) is 5.72. The van der Waals surface area contributed by atoms with Gasteiger partial charge in [-0.3, -0.25) is 0 Å². The third-order valence-electron chi connectivity index (χ3n) is 4.22. The maximum atomic E-state index is 6.15. The van der Waals surface area contributed by atoms with Crippen LogP contribution in [0.1, 0.15) is 20.8 Å². The van der Waals surface area contributed by atoms with Crippen LogP contribution in [0.15, 0.2) is 12.5 Å². The summed E-state index contributed by atoms with van der Waals surface area (Å²) in [6, 6.07) is 0. The fraction of sp³-hybridized carbons (Fsp3) is 0.706. The number of hydrogen-bond donors (Lipinski definition) is 0. The molecule has 2 aliphatic rings. The minimum atomic E-state index is -0.247. The van der Waals surface area contributed by atoms with Gasteiger partial charge in [-0.1, -0.05) is 0 Å². The minimum Gasteiger partial charge on any atom is -0.474 e. The first-order valence-corrected chi connectivity index (χ1v) is 9.32. The molecule has 1 aromatic heterocycles. The Labute approximate surface area is 159 Å². The summed E-state index contributed by atoms with van der Waals surface area (Å²) in [4.78, 5) is 19.6. The zero-order valence-corrected chi connectivity index (χ0v) is 16.5. The summed E-state index contributed by atoms with van der Waals surface area (Å²) in [5.74, 6) is 1.94. The average Bonchev–Trinajstić information content (AvgIpc) is 2.61. The SMILES string of the molecule is C=C(OC(C)(C)C)N1CCN(c2nc(Cl)nc(N3CCOCC3)n2)CC1. The van der Waals surface area contributed by atoms with Gasteiger partial charge in [0.25, 0.3) is 0 Å². The van der Waals surface area contributed by atoms with E-state index in [1.165, 1.54) is 0 Å². The molecule has 0 aromatic carbocycles. The molecule has 26 heavy (non-hydrogen) atoms. The number of halogens is 1. The molecule has 3 rings (SSSR count). The molecule has 144 valence electrons. The highest BCUT2D eigenvalue weighted by atomic mass is 35.5. The van der Waals surface area contributed by atoms with Crippen LogP contribution in [0, 0.1) is 0 Å². The monoisotopic (exact) mass is 382 g/mol. The normalized spacial score (nSPS) is 18.8. The number of nitrogens with zero attached hydrogens (tertiary/aromatic N) is 6. The van der Waals surface area contributed by atoms with Gasteiger partial charge < -0.3 is 24.2 Å². The van der Waals surface area contributed by atoms with E-state index in [0.29, 0.717) is 31.0 Å². The van der Waals surface area contributed by atoms with Crippen molar-refractivity contribution in [3.05, 3.63) is 17.7 Å². The van der Waals surface area contributed by atoms with Gasteiger partial charge in [-0.25, -0.2) is 0 Å². The molecule has 0 radical (unpaired) electrons. The predicted octanol–water partition coefficient (Wildman–Crippen LogP) is 1.77. The standard InChI is InChI=1S/C17H27ClN6O2/c1-13(26-17(2,3)4)22-5-7-23(8-6-22)15-19-14(18)20-16(21-15)24-9-11-25-12-10-24/h1,5-12H2,2-4H3. The fourth-order valence-electron chi connectivity index (χ4n) is 2.95. The van der Waals surface area contributed by atoms with Crippen molar-refractivity contribution in [1.29, 1.82) is 0 Å². The second-order valence-corrected chi connectivity index (χ2v) is 7.72. The summed E-state index contributed by atoms with van der Waals surface area (Å²) >= 11 is 6.15. The Morgan fingerprint density at radius 3 is 2.04 bits per heavy atom. The topological polar surface area (TPSA) is 66.9 Å². The molecule has 0 bridgehead atoms. The average molecular weight is 383 g/mol. The number of piperazine rings is 1. The van der Waals surface area contributed by atoms with E-state index in [4.69, 9.17) is 21.1 Å². The fourth-order valence-corrected chi connectivity index (χ4v) is 3.10. The molecule has 0 saturated carbocycles. The van der Waals surface area contributed by atoms with Crippen molar-refractivity contribution in [3.63, 3.8) is 0 Å². The van der Waals surface area contributed by atoms with Crippen LogP contribution in [-0.2, 0) is 9.47 Å². The smallest absolute Gasteiger partial charge is 0.231 e. The minimum absolute atomic E-state index is 0.222. The van der Waals surface area contributed by atoms with Gasteiger partial charge >= 0.3 is 0 Å². The van der Waals surface area contributed by atoms with E-state index < -0.39 is 0 Å². The molecule has 2 saturated heterocycles. The quantitative estimate of drug-likeness (QED) is 0.730. The van der Waals surface area contributed by atoms with Crippen molar-refractivity contribution in [1.82, 2.24) is 19.9 Å². The lowest BCUT2D eigenvalue weighted by atomic mass is 10.2. The van der Waals surface area contributed by atoms with Gasteiger partial charge in [0.05, 0.1) is 13.2 Å². The first-order valence-electron chi connectivity index (χ1n) is 8.94. The van der Waals surface area contributed by atoms with Crippen LogP contribution in [0.5, 0.6) is 0 Å². The number of rotatable bonds is 4. The molecule has 9 heteroatoms. The predicted molar refractivity (Wildman–Crippen MR) is 102 cm³/mol. The molecule has 0 atom stereocenters. The highest BCUT2D eigenvalue weighted by Crippen LogP contribution is 2.21. The summed E-state index contributed by atoms with van der Waals surface area (Å²) in [6.07, 6.45) is 0. The largest absolute Gasteiger partial charge is 0.474 e. The number of anilines is 2. The van der Waals surface area contributed by atoms with Gasteiger partial charge in [0, 0.05) is 39.3 Å². The van der Waals surface area contributed by atoms with Crippen molar-refractivity contribution in [2.24, 2.45) is 0 Å². The molecule has 0 aliphatic carbocycles. The van der Waals surface area contributed by atoms with Crippen molar-refractivity contribution in [2.75, 3.05) is 62.3 Å². The Hall–Kier alpha value is -1.80. The highest BCUT2D eigenvalue weighted by molar-refractivity contribution is 6.28. The zero-order valence-electron chi connectivity index (χ0n) is 15.7. The summed E-state index contributed by atoms with van der Waals surface area (Å²) in [7, 11) is 0. The Morgan fingerprint density at radius 2 is 1.50 bits per heavy atom. The third-order valence-corrected chi connectivity index (χ3v) is 4.39. The summed E-state index contributed by atoms with van der Waals surface area (Å²) in [5.41, 5.74) is -0.247. The van der Waals surface area contributed by atoms with E-state index in [1.54, 1.807) is 0 Å². The van der Waals surface area contributed by atoms with Gasteiger partial charge in [0.2, 0.25) is 17.2 Å². The molecule has 0 unspecified atom stereocenters. The van der Waals surface area contributed by atoms with Gasteiger partial charge in [-0.15, -0.1) is 0 Å². The van der Waals surface area contributed by atoms with E-state index in [9.17, 15) is 0 Å². The van der Waals surface area contributed by atoms with Gasteiger partial charge in [0.15, 0.2) is 5.88 Å². The first-order chi connectivity index (χ1) is 12.3. The molecule has 0 amide bonds. The van der Waals surface area contributed by atoms with Crippen LogP contribution in [0.25, 0.3) is 0 Å². The number of morpholine rings is 1. The molecule has 8 nitrogen and oxygen atoms in total. The van der Waals surface area contributed by atoms with Crippen LogP contribution in [-0.4, -0.2) is 77.9 Å². The molecular formula is C17H27ClN6O2. The Morgan fingerprint density at radius 1 is 0.962 bits per heavy atom. The lowest BCUT2D eigenvalue weighted by molar-refractivity contribution is 0.00160. The van der Waals surface area contributed by atoms with Gasteiger partial charge in [-0.2, -0.15) is 15.0 Å². The van der Waals surface area contributed by atoms with Crippen LogP contribution in [0.2, 0.25) is 5.28 Å². The first kappa shape index (κ1) is 19.0. The molecule has 0 spiro atoms. The van der Waals surface area contributed by atoms with Gasteiger partial charge in [-0.05, 0) is 39.0 Å². The Balaban J connectivity index is 1.64. The Bertz CT molecular complexity index is 637. The van der Waals surface area contributed by atoms with Crippen molar-refractivity contribution < 1.29 is 9.47 Å². The second-order valence-electron chi connectivity index (χ2n) is 7.39. The van der Waals surface area contributed by atoms with Gasteiger partial charge in [0.1, 0.15) is 5.60 Å². The highest BCUT2D eigenvalue weighted by Gasteiger charge is 2.25. The molecule has 3 heterocycles. The van der Waals surface area contributed by atoms with Crippen molar-refractivity contribution in [3.8, 4) is 0 Å². The lowest BCUT2D eigenvalue weighted by Gasteiger charge is -2.38. The van der Waals surface area contributed by atoms with Crippen LogP contribution >= 0.6 is 11.6 Å². The van der Waals surface area contributed by atoms with E-state index >= 15 is 0 Å². The number of ether oxygens (including phenoxy) is 2. The molecule has 0 N–H and O–H groups in total. The maximum Gasteiger partial charge on any atom is 0.231 e. The molecule has 1 aromatic rings. The zero-order chi connectivity index (χ0) is 18.7. The van der Waals surface area contributed by atoms with E-state index in [2.05, 4.69) is 36.2 Å². The van der Waals surface area contributed by atoms with E-state index in [-0.39, 0.29) is 10.9 Å². The number of hydrogen-bond acceptors (Lipinski definition) is 8. The maximum absolute atomic E-state index is 6.15. The van der Waals surface area contributed by atoms with Crippen molar-refractivity contribution in [2.45, 2.75) is 26.4 Å². The molecule has 2 fully saturated rings. The van der Waals surface area contributed by atoms with E-state index in [0.717, 1.165) is 39.3 Å². The van der Waals surface area contributed by atoms with E-state index in [1.807, 2.05) is 20.8 Å². The molecular weight excluding hydrogens is 356 g/mol. The number of aromatic nitrogens is 3. The second kappa shape index (κ2) is 7.84. The summed E-state index contributed by atoms with van der Waals surface area (Å²) < 4.78 is 11.3. The summed E-state index contributed by atoms with van der Waals surface area (Å²) in [6.45, 7) is 16.1. The summed E-state index contributed by atoms with van der Waals surface area (Å²) in [5, 5.41) is 0.222. The van der Waals surface area contributed by atoms with Crippen LogP contribution in [0.4, 0.5) is 11.9 Å².